The third-order valence-electron chi connectivity index (χ3n) is 2.69. The molecule has 0 radical (unpaired) electrons. The quantitative estimate of drug-likeness (QED) is 0.579. The summed E-state index contributed by atoms with van der Waals surface area (Å²) < 4.78 is 37.3. The van der Waals surface area contributed by atoms with Gasteiger partial charge in [-0.15, -0.1) is 0 Å². The monoisotopic (exact) mass is 481 g/mol. The third kappa shape index (κ3) is 4.95. The summed E-state index contributed by atoms with van der Waals surface area (Å²) >= 11 is 11.5. The fourth-order valence-corrected chi connectivity index (χ4v) is 3.67. The number of anilines is 2. The molecule has 0 fully saturated rings. The van der Waals surface area contributed by atoms with Gasteiger partial charge in [-0.25, -0.2) is 17.9 Å². The maximum absolute atomic E-state index is 13.9. The number of thiocarbonyl (C=S) groups is 1. The lowest BCUT2D eigenvalue weighted by Gasteiger charge is -2.13. The molecule has 2 rings (SSSR count). The second kappa shape index (κ2) is 7.22. The van der Waals surface area contributed by atoms with Crippen LogP contribution in [-0.4, -0.2) is 13.5 Å². The van der Waals surface area contributed by atoms with E-state index < -0.39 is 15.8 Å². The van der Waals surface area contributed by atoms with E-state index in [1.54, 1.807) is 6.07 Å². The number of nitrogens with one attached hydrogen (secondary N) is 2. The van der Waals surface area contributed by atoms with Crippen molar-refractivity contribution in [3.63, 3.8) is 0 Å². The summed E-state index contributed by atoms with van der Waals surface area (Å²) in [4.78, 5) is -0.0105. The van der Waals surface area contributed by atoms with Crippen molar-refractivity contribution in [2.24, 2.45) is 5.14 Å². The summed E-state index contributed by atoms with van der Waals surface area (Å²) in [6.07, 6.45) is 0. The van der Waals surface area contributed by atoms with E-state index in [0.717, 1.165) is 0 Å². The predicted molar refractivity (Wildman–Crippen MR) is 99.5 cm³/mol. The Morgan fingerprint density at radius 1 is 1.13 bits per heavy atom. The zero-order valence-corrected chi connectivity index (χ0v) is 16.1. The first kappa shape index (κ1) is 18.3. The van der Waals surface area contributed by atoms with Crippen LogP contribution in [0.3, 0.4) is 0 Å². The summed E-state index contributed by atoms with van der Waals surface area (Å²) in [6.45, 7) is 0. The number of halogens is 3. The third-order valence-corrected chi connectivity index (χ3v) is 4.90. The van der Waals surface area contributed by atoms with Crippen molar-refractivity contribution in [2.45, 2.75) is 4.90 Å². The van der Waals surface area contributed by atoms with Crippen LogP contribution in [0, 0.1) is 5.82 Å². The Balaban J connectivity index is 2.11. The Morgan fingerprint density at radius 2 is 1.74 bits per heavy atom. The van der Waals surface area contributed by atoms with E-state index in [2.05, 4.69) is 42.5 Å². The molecule has 0 bridgehead atoms. The van der Waals surface area contributed by atoms with E-state index in [4.69, 9.17) is 17.4 Å². The van der Waals surface area contributed by atoms with Crippen LogP contribution in [0.2, 0.25) is 0 Å². The van der Waals surface area contributed by atoms with E-state index in [1.807, 2.05) is 0 Å². The zero-order valence-electron chi connectivity index (χ0n) is 11.3. The number of sulfonamides is 1. The van der Waals surface area contributed by atoms with Crippen molar-refractivity contribution < 1.29 is 12.8 Å². The molecule has 23 heavy (non-hydrogen) atoms. The van der Waals surface area contributed by atoms with Gasteiger partial charge in [0.25, 0.3) is 0 Å². The molecule has 0 atom stereocenters. The van der Waals surface area contributed by atoms with Gasteiger partial charge in [0.05, 0.1) is 10.6 Å². The Labute approximate surface area is 154 Å². The molecule has 122 valence electrons. The molecule has 5 nitrogen and oxygen atoms in total. The molecular formula is C13H10Br2FN3O2S2. The van der Waals surface area contributed by atoms with Gasteiger partial charge in [-0.2, -0.15) is 0 Å². The highest BCUT2D eigenvalue weighted by Crippen LogP contribution is 2.29. The summed E-state index contributed by atoms with van der Waals surface area (Å²) in [6, 6.07) is 8.67. The maximum atomic E-state index is 13.9. The van der Waals surface area contributed by atoms with Gasteiger partial charge >= 0.3 is 0 Å². The molecule has 2 aromatic carbocycles. The molecule has 0 saturated heterocycles. The fraction of sp³-hybridized carbons (Fsp3) is 0. The van der Waals surface area contributed by atoms with E-state index >= 15 is 0 Å². The van der Waals surface area contributed by atoms with Crippen LogP contribution in [0.25, 0.3) is 0 Å². The van der Waals surface area contributed by atoms with Gasteiger partial charge in [-0.05, 0) is 64.5 Å². The first-order valence-corrected chi connectivity index (χ1v) is 9.56. The molecular weight excluding hydrogens is 473 g/mol. The van der Waals surface area contributed by atoms with Crippen molar-refractivity contribution in [1.82, 2.24) is 0 Å². The van der Waals surface area contributed by atoms with Crippen LogP contribution >= 0.6 is 44.1 Å². The second-order valence-electron chi connectivity index (χ2n) is 4.39. The summed E-state index contributed by atoms with van der Waals surface area (Å²) in [5.41, 5.74) is 0.718. The van der Waals surface area contributed by atoms with E-state index in [-0.39, 0.29) is 15.7 Å². The van der Waals surface area contributed by atoms with Crippen LogP contribution in [0.4, 0.5) is 15.8 Å². The van der Waals surface area contributed by atoms with E-state index in [1.165, 1.54) is 30.3 Å². The fourth-order valence-electron chi connectivity index (χ4n) is 1.67. The van der Waals surface area contributed by atoms with Gasteiger partial charge in [0.1, 0.15) is 5.82 Å². The molecule has 0 aliphatic heterocycles. The second-order valence-corrected chi connectivity index (χ2v) is 8.13. The van der Waals surface area contributed by atoms with Gasteiger partial charge < -0.3 is 10.6 Å². The summed E-state index contributed by atoms with van der Waals surface area (Å²) in [7, 11) is -3.75. The van der Waals surface area contributed by atoms with Crippen molar-refractivity contribution in [3.05, 3.63) is 51.2 Å². The first-order valence-electron chi connectivity index (χ1n) is 6.02. The van der Waals surface area contributed by atoms with Crippen molar-refractivity contribution in [3.8, 4) is 0 Å². The highest BCUT2D eigenvalue weighted by atomic mass is 79.9. The van der Waals surface area contributed by atoms with Crippen molar-refractivity contribution >= 4 is 70.6 Å². The lowest BCUT2D eigenvalue weighted by molar-refractivity contribution is 0.598. The lowest BCUT2D eigenvalue weighted by atomic mass is 10.3. The van der Waals surface area contributed by atoms with Crippen LogP contribution in [-0.2, 0) is 10.0 Å². The van der Waals surface area contributed by atoms with Gasteiger partial charge in [-0.3, -0.25) is 0 Å². The van der Waals surface area contributed by atoms with Crippen molar-refractivity contribution in [1.29, 1.82) is 0 Å². The average molecular weight is 483 g/mol. The van der Waals surface area contributed by atoms with E-state index in [0.29, 0.717) is 14.6 Å². The highest BCUT2D eigenvalue weighted by Gasteiger charge is 2.11. The number of benzene rings is 2. The summed E-state index contributed by atoms with van der Waals surface area (Å²) in [5, 5.41) is 10.7. The maximum Gasteiger partial charge on any atom is 0.238 e. The Morgan fingerprint density at radius 3 is 2.26 bits per heavy atom. The molecule has 0 aliphatic rings. The minimum Gasteiger partial charge on any atom is -0.332 e. The van der Waals surface area contributed by atoms with Crippen LogP contribution in [0.5, 0.6) is 0 Å². The SMILES string of the molecule is NS(=O)(=O)c1ccc(NC(=S)Nc2c(F)cc(Br)cc2Br)cc1. The molecule has 0 aliphatic carbocycles. The smallest absolute Gasteiger partial charge is 0.238 e. The minimum atomic E-state index is -3.75. The Kier molecular flexibility index (Phi) is 5.74. The first-order chi connectivity index (χ1) is 10.7. The molecule has 4 N–H and O–H groups in total. The molecule has 0 aromatic heterocycles. The number of rotatable bonds is 3. The number of nitrogens with two attached hydrogens (primary N) is 1. The molecule has 0 spiro atoms. The molecule has 0 saturated carbocycles. The Bertz CT molecular complexity index is 835. The molecule has 2 aromatic rings. The van der Waals surface area contributed by atoms with Crippen LogP contribution in [0.1, 0.15) is 0 Å². The largest absolute Gasteiger partial charge is 0.332 e. The van der Waals surface area contributed by atoms with Crippen LogP contribution in [0.15, 0.2) is 50.2 Å². The van der Waals surface area contributed by atoms with Gasteiger partial charge in [0, 0.05) is 14.6 Å². The minimum absolute atomic E-state index is 0.0105. The number of hydrogen-bond acceptors (Lipinski definition) is 3. The average Bonchev–Trinajstić information content (AvgIpc) is 2.42. The Hall–Kier alpha value is -1.07. The highest BCUT2D eigenvalue weighted by molar-refractivity contribution is 9.11. The predicted octanol–water partition coefficient (Wildman–Crippen LogP) is 3.81. The summed E-state index contributed by atoms with van der Waals surface area (Å²) in [5.74, 6) is -0.486. The molecule has 0 unspecified atom stereocenters. The lowest BCUT2D eigenvalue weighted by Crippen LogP contribution is -2.20. The molecule has 0 amide bonds. The van der Waals surface area contributed by atoms with Gasteiger partial charge in [0.15, 0.2) is 5.11 Å². The van der Waals surface area contributed by atoms with Gasteiger partial charge in [0.2, 0.25) is 10.0 Å². The number of primary sulfonamides is 1. The zero-order chi connectivity index (χ0) is 17.2. The van der Waals surface area contributed by atoms with Crippen molar-refractivity contribution in [2.75, 3.05) is 10.6 Å². The molecule has 0 heterocycles. The van der Waals surface area contributed by atoms with Crippen LogP contribution < -0.4 is 15.8 Å². The van der Waals surface area contributed by atoms with E-state index in [9.17, 15) is 12.8 Å². The van der Waals surface area contributed by atoms with Gasteiger partial charge in [-0.1, -0.05) is 15.9 Å². The topological polar surface area (TPSA) is 84.2 Å². The molecule has 10 heteroatoms. The number of hydrogen-bond donors (Lipinski definition) is 3. The standard InChI is InChI=1S/C13H10Br2FN3O2S2/c14-7-5-10(15)12(11(16)6-7)19-13(22)18-8-1-3-9(4-2-8)23(17,20)21/h1-6H,(H2,17,20,21)(H2,18,19,22). The normalized spacial score (nSPS) is 11.1.